The molecule has 8 heteroatoms. The number of nitrogens with one attached hydrogen (secondary N) is 1. The highest BCUT2D eigenvalue weighted by molar-refractivity contribution is 9.10. The van der Waals surface area contributed by atoms with E-state index in [4.69, 9.17) is 4.74 Å². The van der Waals surface area contributed by atoms with Gasteiger partial charge in [0, 0.05) is 35.9 Å². The summed E-state index contributed by atoms with van der Waals surface area (Å²) in [6.45, 7) is 2.43. The summed E-state index contributed by atoms with van der Waals surface area (Å²) in [5.41, 5.74) is 2.49. The zero-order valence-electron chi connectivity index (χ0n) is 15.4. The molecular formula is C20H23BrN4O3. The number of piperidine rings is 1. The predicted octanol–water partition coefficient (Wildman–Crippen LogP) is 2.58. The minimum atomic E-state index is -0.560. The summed E-state index contributed by atoms with van der Waals surface area (Å²) in [7, 11) is 0. The lowest BCUT2D eigenvalue weighted by Gasteiger charge is -2.30. The fourth-order valence-corrected chi connectivity index (χ4v) is 3.70. The van der Waals surface area contributed by atoms with E-state index >= 15 is 0 Å². The van der Waals surface area contributed by atoms with Crippen molar-refractivity contribution < 1.29 is 14.9 Å². The van der Waals surface area contributed by atoms with Crippen molar-refractivity contribution in [3.63, 3.8) is 0 Å². The van der Waals surface area contributed by atoms with Gasteiger partial charge in [0.2, 0.25) is 0 Å². The molecule has 3 N–H and O–H groups in total. The Labute approximate surface area is 171 Å². The maximum absolute atomic E-state index is 10.2. The largest absolute Gasteiger partial charge is 0.491 e. The van der Waals surface area contributed by atoms with Gasteiger partial charge in [-0.15, -0.1) is 0 Å². The van der Waals surface area contributed by atoms with E-state index < -0.39 is 6.10 Å². The van der Waals surface area contributed by atoms with Crippen LogP contribution in [0.1, 0.15) is 12.8 Å². The van der Waals surface area contributed by atoms with Gasteiger partial charge in [-0.25, -0.2) is 9.97 Å². The molecule has 1 saturated heterocycles. The van der Waals surface area contributed by atoms with Gasteiger partial charge < -0.3 is 24.8 Å². The highest BCUT2D eigenvalue weighted by atomic mass is 79.9. The lowest BCUT2D eigenvalue weighted by molar-refractivity contribution is 0.0338. The number of ether oxygens (including phenoxy) is 1. The van der Waals surface area contributed by atoms with Gasteiger partial charge in [-0.1, -0.05) is 0 Å². The van der Waals surface area contributed by atoms with Crippen molar-refractivity contribution in [3.8, 4) is 17.1 Å². The lowest BCUT2D eigenvalue weighted by Crippen LogP contribution is -2.41. The first-order valence-corrected chi connectivity index (χ1v) is 10.2. The topological polar surface area (TPSA) is 94.5 Å². The van der Waals surface area contributed by atoms with Crippen LogP contribution in [0, 0.1) is 0 Å². The van der Waals surface area contributed by atoms with E-state index in [0.717, 1.165) is 47.3 Å². The van der Waals surface area contributed by atoms with Crippen LogP contribution in [0.15, 0.2) is 41.0 Å². The third-order valence-electron chi connectivity index (χ3n) is 4.90. The van der Waals surface area contributed by atoms with E-state index in [-0.39, 0.29) is 12.7 Å². The first-order valence-electron chi connectivity index (χ1n) is 9.40. The molecule has 1 aliphatic rings. The highest BCUT2D eigenvalue weighted by Crippen LogP contribution is 2.23. The Morgan fingerprint density at radius 2 is 2.00 bits per heavy atom. The number of hydrogen-bond acceptors (Lipinski definition) is 6. The number of likely N-dealkylation sites (tertiary alicyclic amines) is 1. The van der Waals surface area contributed by atoms with Crippen molar-refractivity contribution in [2.24, 2.45) is 0 Å². The number of pyridine rings is 1. The molecule has 0 amide bonds. The number of aromatic nitrogens is 3. The average molecular weight is 447 g/mol. The number of benzene rings is 1. The van der Waals surface area contributed by atoms with Crippen LogP contribution in [-0.4, -0.2) is 68.5 Å². The molecular weight excluding hydrogens is 424 g/mol. The predicted molar refractivity (Wildman–Crippen MR) is 110 cm³/mol. The van der Waals surface area contributed by atoms with E-state index in [1.807, 2.05) is 30.3 Å². The first-order chi connectivity index (χ1) is 13.6. The van der Waals surface area contributed by atoms with Gasteiger partial charge in [-0.05, 0) is 59.1 Å². The quantitative estimate of drug-likeness (QED) is 0.538. The fourth-order valence-electron chi connectivity index (χ4n) is 3.37. The molecule has 1 unspecified atom stereocenters. The van der Waals surface area contributed by atoms with Gasteiger partial charge in [-0.3, -0.25) is 0 Å². The van der Waals surface area contributed by atoms with Gasteiger partial charge in [0.15, 0.2) is 5.65 Å². The summed E-state index contributed by atoms with van der Waals surface area (Å²) in [6, 6.07) is 9.55. The molecule has 3 aromatic rings. The molecule has 7 nitrogen and oxygen atoms in total. The average Bonchev–Trinajstić information content (AvgIpc) is 3.12. The molecule has 1 aliphatic heterocycles. The van der Waals surface area contributed by atoms with Gasteiger partial charge >= 0.3 is 0 Å². The summed E-state index contributed by atoms with van der Waals surface area (Å²) < 4.78 is 6.62. The number of aliphatic hydroxyl groups excluding tert-OH is 2. The van der Waals surface area contributed by atoms with Crippen LogP contribution in [0.25, 0.3) is 22.6 Å². The van der Waals surface area contributed by atoms with Crippen LogP contribution < -0.4 is 4.74 Å². The summed E-state index contributed by atoms with van der Waals surface area (Å²) in [4.78, 5) is 14.2. The first kappa shape index (κ1) is 19.3. The molecule has 3 heterocycles. The Balaban J connectivity index is 1.32. The van der Waals surface area contributed by atoms with Crippen LogP contribution in [0.3, 0.4) is 0 Å². The third-order valence-corrected chi connectivity index (χ3v) is 5.33. The highest BCUT2D eigenvalue weighted by Gasteiger charge is 2.19. The monoisotopic (exact) mass is 446 g/mol. The number of nitrogens with zero attached hydrogens (tertiary/aromatic N) is 3. The summed E-state index contributed by atoms with van der Waals surface area (Å²) in [5.74, 6) is 1.45. The second-order valence-corrected chi connectivity index (χ2v) is 8.05. The number of hydrogen-bond donors (Lipinski definition) is 3. The summed E-state index contributed by atoms with van der Waals surface area (Å²) >= 11 is 3.41. The number of aromatic amines is 1. The van der Waals surface area contributed by atoms with Crippen molar-refractivity contribution in [1.82, 2.24) is 19.9 Å². The number of imidazole rings is 1. The minimum Gasteiger partial charge on any atom is -0.491 e. The van der Waals surface area contributed by atoms with Gasteiger partial charge in [0.25, 0.3) is 0 Å². The lowest BCUT2D eigenvalue weighted by atomic mass is 10.1. The maximum Gasteiger partial charge on any atom is 0.178 e. The standard InChI is InChI=1S/C20H23BrN4O3/c21-14-9-18-20(22-10-14)24-19(23-18)13-1-3-17(4-2-13)28-12-16(27)11-25-7-5-15(26)6-8-25/h1-4,9-10,15-16,26-27H,5-8,11-12H2,(H,22,23,24). The Bertz CT molecular complexity index is 923. The number of halogens is 1. The fraction of sp³-hybridized carbons (Fsp3) is 0.400. The van der Waals surface area contributed by atoms with Gasteiger partial charge in [-0.2, -0.15) is 0 Å². The molecule has 0 aliphatic carbocycles. The van der Waals surface area contributed by atoms with E-state index in [0.29, 0.717) is 17.9 Å². The smallest absolute Gasteiger partial charge is 0.178 e. The van der Waals surface area contributed by atoms with Crippen molar-refractivity contribution in [2.45, 2.75) is 25.0 Å². The summed E-state index contributed by atoms with van der Waals surface area (Å²) in [6.07, 6.45) is 2.50. The number of rotatable bonds is 6. The molecule has 4 rings (SSSR count). The van der Waals surface area contributed by atoms with Crippen molar-refractivity contribution in [3.05, 3.63) is 41.0 Å². The van der Waals surface area contributed by atoms with E-state index in [9.17, 15) is 10.2 Å². The molecule has 0 radical (unpaired) electrons. The minimum absolute atomic E-state index is 0.202. The van der Waals surface area contributed by atoms with E-state index in [2.05, 4.69) is 35.8 Å². The molecule has 148 valence electrons. The second-order valence-electron chi connectivity index (χ2n) is 7.13. The Kier molecular flexibility index (Phi) is 5.91. The van der Waals surface area contributed by atoms with Gasteiger partial charge in [0.05, 0.1) is 11.6 Å². The number of fused-ring (bicyclic) bond motifs is 1. The van der Waals surface area contributed by atoms with E-state index in [1.165, 1.54) is 0 Å². The molecule has 0 spiro atoms. The van der Waals surface area contributed by atoms with Gasteiger partial charge in [0.1, 0.15) is 24.3 Å². The number of H-pyrrole nitrogens is 1. The van der Waals surface area contributed by atoms with Crippen molar-refractivity contribution in [2.75, 3.05) is 26.2 Å². The molecule has 1 atom stereocenters. The van der Waals surface area contributed by atoms with Crippen LogP contribution in [0.2, 0.25) is 0 Å². The van der Waals surface area contributed by atoms with Crippen molar-refractivity contribution >= 4 is 27.1 Å². The molecule has 28 heavy (non-hydrogen) atoms. The van der Waals surface area contributed by atoms with Crippen molar-refractivity contribution in [1.29, 1.82) is 0 Å². The molecule has 1 fully saturated rings. The zero-order valence-corrected chi connectivity index (χ0v) is 17.0. The zero-order chi connectivity index (χ0) is 19.5. The number of β-amino-alcohol motifs (C(OH)–C–C–N with tert-alkyl or cyclic N) is 1. The SMILES string of the molecule is OC1CCN(CC(O)COc2ccc(-c3nc4ncc(Br)cc4[nH]3)cc2)CC1. The molecule has 0 bridgehead atoms. The van der Waals surface area contributed by atoms with Crippen LogP contribution in [-0.2, 0) is 0 Å². The Hall–Kier alpha value is -2.00. The molecule has 0 saturated carbocycles. The Morgan fingerprint density at radius 3 is 2.75 bits per heavy atom. The maximum atomic E-state index is 10.2. The molecule has 1 aromatic carbocycles. The molecule has 2 aromatic heterocycles. The summed E-state index contributed by atoms with van der Waals surface area (Å²) in [5, 5.41) is 19.8. The van der Waals surface area contributed by atoms with Crippen LogP contribution >= 0.6 is 15.9 Å². The second kappa shape index (κ2) is 8.57. The Morgan fingerprint density at radius 1 is 1.25 bits per heavy atom. The van der Waals surface area contributed by atoms with Crippen LogP contribution in [0.5, 0.6) is 5.75 Å². The normalized spacial score (nSPS) is 17.1. The van der Waals surface area contributed by atoms with Crippen LogP contribution in [0.4, 0.5) is 0 Å². The van der Waals surface area contributed by atoms with E-state index in [1.54, 1.807) is 6.20 Å². The third kappa shape index (κ3) is 4.70. The number of aliphatic hydroxyl groups is 2.